The van der Waals surface area contributed by atoms with Crippen molar-refractivity contribution in [3.8, 4) is 0 Å². The summed E-state index contributed by atoms with van der Waals surface area (Å²) in [5, 5.41) is 0.766. The van der Waals surface area contributed by atoms with Crippen LogP contribution >= 0.6 is 24.0 Å². The average molecular weight is 269 g/mol. The number of rotatable bonds is 5. The summed E-state index contributed by atoms with van der Waals surface area (Å²) in [6, 6.07) is 0. The number of thioether (sulfide) groups is 1. The highest BCUT2D eigenvalue weighted by Gasteiger charge is 2.02. The van der Waals surface area contributed by atoms with Crippen LogP contribution in [0.2, 0.25) is 0 Å². The summed E-state index contributed by atoms with van der Waals surface area (Å²) in [4.78, 5) is 1.93. The number of thiocarbonyl (C=S) groups is 1. The fraction of sp³-hybridized carbons (Fsp3) is 0.625. The van der Waals surface area contributed by atoms with Gasteiger partial charge in [0.25, 0.3) is 10.1 Å². The van der Waals surface area contributed by atoms with Crippen molar-refractivity contribution >= 4 is 38.4 Å². The van der Waals surface area contributed by atoms with Crippen molar-refractivity contribution in [1.82, 2.24) is 4.90 Å². The van der Waals surface area contributed by atoms with Crippen molar-refractivity contribution in [3.63, 3.8) is 0 Å². The third kappa shape index (κ3) is 8.86. The van der Waals surface area contributed by atoms with Crippen LogP contribution < -0.4 is 0 Å². The lowest BCUT2D eigenvalue weighted by Crippen LogP contribution is -2.23. The molecule has 0 aromatic heterocycles. The molecule has 0 bridgehead atoms. The number of hydrogen-bond donors (Lipinski definition) is 1. The summed E-state index contributed by atoms with van der Waals surface area (Å²) in [5.74, 6) is 0.437. The topological polar surface area (TPSA) is 57.6 Å². The van der Waals surface area contributed by atoms with Crippen LogP contribution in [0.1, 0.15) is 13.3 Å². The first-order valence-electron chi connectivity index (χ1n) is 4.38. The third-order valence-corrected chi connectivity index (χ3v) is 3.56. The zero-order valence-electron chi connectivity index (χ0n) is 8.71. The SMILES string of the molecule is CCCN(C)C(=S)SC/C=C\S(=O)(=O)O. The van der Waals surface area contributed by atoms with Gasteiger partial charge in [-0.15, -0.1) is 0 Å². The van der Waals surface area contributed by atoms with Gasteiger partial charge in [0, 0.05) is 19.3 Å². The van der Waals surface area contributed by atoms with E-state index in [4.69, 9.17) is 16.8 Å². The Hall–Kier alpha value is -0.110. The van der Waals surface area contributed by atoms with Crippen LogP contribution in [-0.4, -0.2) is 41.5 Å². The molecule has 0 aliphatic heterocycles. The van der Waals surface area contributed by atoms with E-state index in [0.717, 1.165) is 22.7 Å². The Morgan fingerprint density at radius 1 is 1.60 bits per heavy atom. The molecule has 0 heterocycles. The van der Waals surface area contributed by atoms with E-state index in [0.29, 0.717) is 5.75 Å². The maximum Gasteiger partial charge on any atom is 0.287 e. The molecule has 0 amide bonds. The van der Waals surface area contributed by atoms with Crippen LogP contribution in [0.15, 0.2) is 11.5 Å². The van der Waals surface area contributed by atoms with Gasteiger partial charge >= 0.3 is 0 Å². The molecule has 0 saturated carbocycles. The van der Waals surface area contributed by atoms with Gasteiger partial charge in [-0.25, -0.2) is 0 Å². The van der Waals surface area contributed by atoms with Gasteiger partial charge in [0.1, 0.15) is 4.32 Å². The fourth-order valence-electron chi connectivity index (χ4n) is 0.817. The maximum absolute atomic E-state index is 10.3. The summed E-state index contributed by atoms with van der Waals surface area (Å²) in [6.45, 7) is 2.94. The molecule has 0 aromatic carbocycles. The molecule has 88 valence electrons. The van der Waals surface area contributed by atoms with Gasteiger partial charge in [-0.1, -0.05) is 37.0 Å². The molecule has 0 radical (unpaired) electrons. The van der Waals surface area contributed by atoms with Crippen LogP contribution in [0.25, 0.3) is 0 Å². The van der Waals surface area contributed by atoms with E-state index in [2.05, 4.69) is 6.92 Å². The van der Waals surface area contributed by atoms with Crippen LogP contribution in [0.5, 0.6) is 0 Å². The van der Waals surface area contributed by atoms with Crippen molar-refractivity contribution in [2.75, 3.05) is 19.3 Å². The Morgan fingerprint density at radius 2 is 2.20 bits per heavy atom. The third-order valence-electron chi connectivity index (χ3n) is 1.44. The quantitative estimate of drug-likeness (QED) is 0.606. The first-order valence-corrected chi connectivity index (χ1v) is 7.28. The van der Waals surface area contributed by atoms with Crippen molar-refractivity contribution in [1.29, 1.82) is 0 Å². The van der Waals surface area contributed by atoms with Crippen molar-refractivity contribution in [2.45, 2.75) is 13.3 Å². The zero-order valence-corrected chi connectivity index (χ0v) is 11.2. The van der Waals surface area contributed by atoms with Gasteiger partial charge in [-0.3, -0.25) is 4.55 Å². The molecule has 0 aliphatic rings. The Morgan fingerprint density at radius 3 is 2.67 bits per heavy atom. The van der Waals surface area contributed by atoms with E-state index in [1.54, 1.807) is 0 Å². The number of hydrogen-bond acceptors (Lipinski definition) is 4. The summed E-state index contributed by atoms with van der Waals surface area (Å²) in [5.41, 5.74) is 0. The smallest absolute Gasteiger partial charge is 0.287 e. The molecule has 7 heteroatoms. The minimum absolute atomic E-state index is 0.437. The molecular weight excluding hydrogens is 254 g/mol. The normalized spacial score (nSPS) is 11.9. The van der Waals surface area contributed by atoms with E-state index in [1.165, 1.54) is 17.8 Å². The van der Waals surface area contributed by atoms with E-state index in [-0.39, 0.29) is 0 Å². The molecule has 0 saturated heterocycles. The average Bonchev–Trinajstić information content (AvgIpc) is 2.11. The first kappa shape index (κ1) is 14.9. The monoisotopic (exact) mass is 269 g/mol. The van der Waals surface area contributed by atoms with Gasteiger partial charge < -0.3 is 4.90 Å². The molecule has 0 aliphatic carbocycles. The lowest BCUT2D eigenvalue weighted by molar-refractivity contribution is 0.494. The molecule has 0 fully saturated rings. The van der Waals surface area contributed by atoms with Gasteiger partial charge in [-0.05, 0) is 6.42 Å². The number of nitrogens with zero attached hydrogens (tertiary/aromatic N) is 1. The van der Waals surface area contributed by atoms with Gasteiger partial charge in [0.2, 0.25) is 0 Å². The molecule has 15 heavy (non-hydrogen) atoms. The fourth-order valence-corrected chi connectivity index (χ4v) is 2.22. The minimum atomic E-state index is -4.00. The lowest BCUT2D eigenvalue weighted by atomic mass is 10.5. The van der Waals surface area contributed by atoms with Gasteiger partial charge in [0.15, 0.2) is 0 Å². The minimum Gasteiger partial charge on any atom is -0.361 e. The van der Waals surface area contributed by atoms with Crippen LogP contribution in [0.4, 0.5) is 0 Å². The van der Waals surface area contributed by atoms with Crippen LogP contribution in [-0.2, 0) is 10.1 Å². The molecule has 1 N–H and O–H groups in total. The van der Waals surface area contributed by atoms with Crippen LogP contribution in [0, 0.1) is 0 Å². The molecule has 0 atom stereocenters. The van der Waals surface area contributed by atoms with Gasteiger partial charge in [0.05, 0.1) is 5.41 Å². The summed E-state index contributed by atoms with van der Waals surface area (Å²) >= 11 is 6.45. The molecular formula is C8H15NO3S3. The van der Waals surface area contributed by atoms with E-state index >= 15 is 0 Å². The van der Waals surface area contributed by atoms with Gasteiger partial charge in [-0.2, -0.15) is 8.42 Å². The first-order chi connectivity index (χ1) is 6.87. The van der Waals surface area contributed by atoms with E-state index in [9.17, 15) is 8.42 Å². The van der Waals surface area contributed by atoms with Crippen LogP contribution in [0.3, 0.4) is 0 Å². The highest BCUT2D eigenvalue weighted by Crippen LogP contribution is 2.08. The van der Waals surface area contributed by atoms with Crippen molar-refractivity contribution in [3.05, 3.63) is 11.5 Å². The predicted molar refractivity (Wildman–Crippen MR) is 68.7 cm³/mol. The second-order valence-corrected chi connectivity index (χ2v) is 5.84. The Balaban J connectivity index is 3.87. The lowest BCUT2D eigenvalue weighted by Gasteiger charge is -2.17. The molecule has 0 unspecified atom stereocenters. The van der Waals surface area contributed by atoms with E-state index in [1.807, 2.05) is 11.9 Å². The summed E-state index contributed by atoms with van der Waals surface area (Å²) < 4.78 is 29.8. The largest absolute Gasteiger partial charge is 0.361 e. The molecule has 0 rings (SSSR count). The second kappa shape index (κ2) is 7.21. The Kier molecular flexibility index (Phi) is 7.16. The predicted octanol–water partition coefficient (Wildman–Crippen LogP) is 1.75. The van der Waals surface area contributed by atoms with Crippen molar-refractivity contribution < 1.29 is 13.0 Å². The van der Waals surface area contributed by atoms with E-state index < -0.39 is 10.1 Å². The molecule has 0 aromatic rings. The highest BCUT2D eigenvalue weighted by molar-refractivity contribution is 8.23. The molecule has 4 nitrogen and oxygen atoms in total. The standard InChI is InChI=1S/C8H15NO3S3/c1-3-5-9(2)8(13)14-6-4-7-15(10,11)12/h4,7H,3,5-6H2,1-2H3,(H,10,11,12)/b7-4-. The Bertz CT molecular complexity index is 324. The summed E-state index contributed by atoms with van der Waals surface area (Å²) in [6.07, 6.45) is 2.38. The highest BCUT2D eigenvalue weighted by atomic mass is 32.2. The maximum atomic E-state index is 10.3. The molecule has 0 spiro atoms. The Labute approximate surface area is 100 Å². The zero-order chi connectivity index (χ0) is 11.9. The second-order valence-electron chi connectivity index (χ2n) is 2.89. The van der Waals surface area contributed by atoms with Crippen molar-refractivity contribution in [2.24, 2.45) is 0 Å². The summed E-state index contributed by atoms with van der Waals surface area (Å²) in [7, 11) is -2.11.